The fraction of sp³-hybridized carbons (Fsp3) is 0.571. The molecule has 0 radical (unpaired) electrons. The minimum atomic E-state index is -0.199. The topological polar surface area (TPSA) is 15.3 Å². The minimum Gasteiger partial charge on any atom is -0.315 e. The van der Waals surface area contributed by atoms with Crippen LogP contribution in [0.25, 0.3) is 0 Å². The number of likely N-dealkylation sites (N-methyl/N-ethyl adjacent to an activating group) is 2. The number of halogens is 2. The molecule has 0 saturated carbocycles. The Morgan fingerprint density at radius 2 is 2.37 bits per heavy atom. The Kier molecular flexibility index (Phi) is 5.69. The maximum Gasteiger partial charge on any atom is 0.137 e. The first kappa shape index (κ1) is 15.3. The molecule has 1 heterocycles. The van der Waals surface area contributed by atoms with Gasteiger partial charge in [-0.25, -0.2) is 4.39 Å². The van der Waals surface area contributed by atoms with Crippen LogP contribution >= 0.6 is 27.7 Å². The van der Waals surface area contributed by atoms with Crippen LogP contribution in [0.4, 0.5) is 4.39 Å². The quantitative estimate of drug-likeness (QED) is 0.902. The molecule has 2 unspecified atom stereocenters. The average molecular weight is 347 g/mol. The predicted molar refractivity (Wildman–Crippen MR) is 84.4 cm³/mol. The average Bonchev–Trinajstić information content (AvgIpc) is 2.41. The number of nitrogens with one attached hydrogen (secondary N) is 1. The summed E-state index contributed by atoms with van der Waals surface area (Å²) in [6.07, 6.45) is 0.922. The van der Waals surface area contributed by atoms with Gasteiger partial charge < -0.3 is 10.2 Å². The summed E-state index contributed by atoms with van der Waals surface area (Å²) in [4.78, 5) is 2.43. The Hall–Kier alpha value is -0.100. The molecule has 1 N–H and O–H groups in total. The zero-order valence-electron chi connectivity index (χ0n) is 11.3. The van der Waals surface area contributed by atoms with Crippen molar-refractivity contribution in [2.24, 2.45) is 0 Å². The Labute approximate surface area is 127 Å². The Morgan fingerprint density at radius 3 is 3.00 bits per heavy atom. The molecule has 0 aliphatic carbocycles. The van der Waals surface area contributed by atoms with Crippen LogP contribution in [-0.2, 0) is 6.42 Å². The van der Waals surface area contributed by atoms with E-state index in [1.54, 1.807) is 0 Å². The summed E-state index contributed by atoms with van der Waals surface area (Å²) in [6.45, 7) is 1.14. The summed E-state index contributed by atoms with van der Waals surface area (Å²) < 4.78 is 13.8. The highest BCUT2D eigenvalue weighted by Crippen LogP contribution is 2.22. The van der Waals surface area contributed by atoms with Crippen molar-refractivity contribution in [2.75, 3.05) is 32.1 Å². The molecule has 2 atom stereocenters. The zero-order valence-corrected chi connectivity index (χ0v) is 13.7. The second kappa shape index (κ2) is 7.07. The predicted octanol–water partition coefficient (Wildman–Crippen LogP) is 2.77. The van der Waals surface area contributed by atoms with E-state index in [0.717, 1.165) is 24.3 Å². The van der Waals surface area contributed by atoms with Crippen LogP contribution in [0.1, 0.15) is 5.56 Å². The second-order valence-corrected chi connectivity index (χ2v) is 6.97. The molecule has 1 fully saturated rings. The van der Waals surface area contributed by atoms with Crippen molar-refractivity contribution in [1.82, 2.24) is 10.2 Å². The lowest BCUT2D eigenvalue weighted by Gasteiger charge is -2.37. The smallest absolute Gasteiger partial charge is 0.137 e. The molecule has 2 rings (SSSR count). The molecule has 1 aromatic carbocycles. The van der Waals surface area contributed by atoms with Crippen molar-refractivity contribution in [2.45, 2.75) is 18.5 Å². The van der Waals surface area contributed by atoms with Crippen molar-refractivity contribution in [3.63, 3.8) is 0 Å². The van der Waals surface area contributed by atoms with Gasteiger partial charge in [-0.2, -0.15) is 11.8 Å². The van der Waals surface area contributed by atoms with Crippen molar-refractivity contribution < 1.29 is 4.39 Å². The van der Waals surface area contributed by atoms with E-state index in [1.165, 1.54) is 11.8 Å². The number of rotatable bonds is 4. The number of hydrogen-bond acceptors (Lipinski definition) is 3. The van der Waals surface area contributed by atoms with Crippen molar-refractivity contribution in [3.8, 4) is 0 Å². The van der Waals surface area contributed by atoms with Crippen LogP contribution in [0.2, 0.25) is 0 Å². The maximum atomic E-state index is 13.3. The summed E-state index contributed by atoms with van der Waals surface area (Å²) in [5.41, 5.74) is 1.16. The molecule has 2 nitrogen and oxygen atoms in total. The Bertz CT molecular complexity index is 430. The lowest BCUT2D eigenvalue weighted by molar-refractivity contribution is 0.219. The standard InChI is InChI=1S/C14H20BrFN2S/c1-17-13(14-9-19-6-5-18(14)2)8-10-3-4-12(16)11(15)7-10/h3-4,7,13-14,17H,5-6,8-9H2,1-2H3. The highest BCUT2D eigenvalue weighted by molar-refractivity contribution is 9.10. The number of nitrogens with zero attached hydrogens (tertiary/aromatic N) is 1. The molecular formula is C14H20BrFN2S. The molecule has 19 heavy (non-hydrogen) atoms. The maximum absolute atomic E-state index is 13.3. The van der Waals surface area contributed by atoms with E-state index >= 15 is 0 Å². The van der Waals surface area contributed by atoms with Crippen molar-refractivity contribution >= 4 is 27.7 Å². The summed E-state index contributed by atoms with van der Waals surface area (Å²) in [6, 6.07) is 6.23. The minimum absolute atomic E-state index is 0.199. The number of thioether (sulfide) groups is 1. The van der Waals surface area contributed by atoms with E-state index in [-0.39, 0.29) is 5.82 Å². The molecule has 0 amide bonds. The highest BCUT2D eigenvalue weighted by Gasteiger charge is 2.27. The Morgan fingerprint density at radius 1 is 1.58 bits per heavy atom. The molecule has 0 spiro atoms. The van der Waals surface area contributed by atoms with Crippen LogP contribution in [0.3, 0.4) is 0 Å². The largest absolute Gasteiger partial charge is 0.315 e. The first-order chi connectivity index (χ1) is 9.11. The highest BCUT2D eigenvalue weighted by atomic mass is 79.9. The first-order valence-corrected chi connectivity index (χ1v) is 8.45. The molecular weight excluding hydrogens is 327 g/mol. The van der Waals surface area contributed by atoms with Gasteiger partial charge in [0.2, 0.25) is 0 Å². The lowest BCUT2D eigenvalue weighted by Crippen LogP contribution is -2.52. The zero-order chi connectivity index (χ0) is 13.8. The SMILES string of the molecule is CNC(Cc1ccc(F)c(Br)c1)C1CSCCN1C. The third-order valence-electron chi connectivity index (χ3n) is 3.72. The van der Waals surface area contributed by atoms with Crippen LogP contribution in [0, 0.1) is 5.82 Å². The fourth-order valence-corrected chi connectivity index (χ4v) is 4.22. The van der Waals surface area contributed by atoms with Crippen molar-refractivity contribution in [3.05, 3.63) is 34.1 Å². The summed E-state index contributed by atoms with van der Waals surface area (Å²) >= 11 is 5.27. The van der Waals surface area contributed by atoms with Gasteiger partial charge in [0.1, 0.15) is 5.82 Å². The van der Waals surface area contributed by atoms with E-state index in [9.17, 15) is 4.39 Å². The third-order valence-corrected chi connectivity index (χ3v) is 5.37. The van der Waals surface area contributed by atoms with Gasteiger partial charge >= 0.3 is 0 Å². The van der Waals surface area contributed by atoms with E-state index in [0.29, 0.717) is 16.6 Å². The summed E-state index contributed by atoms with van der Waals surface area (Å²) in [5, 5.41) is 3.42. The van der Waals surface area contributed by atoms with Gasteiger partial charge in [0.15, 0.2) is 0 Å². The molecule has 106 valence electrons. The van der Waals surface area contributed by atoms with Gasteiger partial charge in [-0.3, -0.25) is 0 Å². The monoisotopic (exact) mass is 346 g/mol. The first-order valence-electron chi connectivity index (χ1n) is 6.51. The molecule has 0 bridgehead atoms. The number of benzene rings is 1. The molecule has 1 aliphatic rings. The normalized spacial score (nSPS) is 22.4. The van der Waals surface area contributed by atoms with E-state index in [2.05, 4.69) is 33.2 Å². The van der Waals surface area contributed by atoms with Gasteiger partial charge in [0.05, 0.1) is 4.47 Å². The summed E-state index contributed by atoms with van der Waals surface area (Å²) in [7, 11) is 4.20. The van der Waals surface area contributed by atoms with E-state index in [4.69, 9.17) is 0 Å². The van der Waals surface area contributed by atoms with Gasteiger partial charge in [-0.15, -0.1) is 0 Å². The molecule has 1 saturated heterocycles. The third kappa shape index (κ3) is 3.94. The van der Waals surface area contributed by atoms with Gasteiger partial charge in [-0.1, -0.05) is 6.07 Å². The second-order valence-electron chi connectivity index (χ2n) is 4.97. The van der Waals surface area contributed by atoms with E-state index in [1.807, 2.05) is 30.9 Å². The van der Waals surface area contributed by atoms with Crippen LogP contribution in [0.5, 0.6) is 0 Å². The van der Waals surface area contributed by atoms with Crippen LogP contribution < -0.4 is 5.32 Å². The van der Waals surface area contributed by atoms with Crippen LogP contribution in [0.15, 0.2) is 22.7 Å². The summed E-state index contributed by atoms with van der Waals surface area (Å²) in [5.74, 6) is 2.17. The van der Waals surface area contributed by atoms with Gasteiger partial charge in [0.25, 0.3) is 0 Å². The van der Waals surface area contributed by atoms with E-state index < -0.39 is 0 Å². The van der Waals surface area contributed by atoms with Gasteiger partial charge in [-0.05, 0) is 54.1 Å². The molecule has 1 aliphatic heterocycles. The molecule has 5 heteroatoms. The Balaban J connectivity index is 2.07. The fourth-order valence-electron chi connectivity index (χ4n) is 2.48. The number of hydrogen-bond donors (Lipinski definition) is 1. The molecule has 0 aromatic heterocycles. The van der Waals surface area contributed by atoms with Gasteiger partial charge in [0, 0.05) is 30.1 Å². The van der Waals surface area contributed by atoms with Crippen LogP contribution in [-0.4, -0.2) is 49.1 Å². The van der Waals surface area contributed by atoms with Crippen molar-refractivity contribution in [1.29, 1.82) is 0 Å². The lowest BCUT2D eigenvalue weighted by atomic mass is 9.99. The molecule has 1 aromatic rings.